The number of carbonyl (C=O) groups excluding carboxylic acids is 2. The number of Topliss-reactive ketones (excluding diaryl/α,β-unsaturated/α-hetero) is 1. The van der Waals surface area contributed by atoms with Gasteiger partial charge in [-0.05, 0) is 50.8 Å². The number of aliphatic hydroxyl groups is 1. The molecule has 1 N–H and O–H groups in total. The van der Waals surface area contributed by atoms with Crippen LogP contribution in [0.1, 0.15) is 59.2 Å². The summed E-state index contributed by atoms with van der Waals surface area (Å²) in [6, 6.07) is 4.58. The second kappa shape index (κ2) is 11.7. The standard InChI is InChI=1S/C26H34N2O6S/c1-7-33-20-14-18(8-9-19(20)34-12-10-15(2)3)22-21(23(29)25-16(4)27-17(5)35-25)24(30)26(31)28(22)11-13-32-6/h8-9,14-15,22,30H,7,10-13H2,1-6H3. The van der Waals surface area contributed by atoms with E-state index in [9.17, 15) is 14.7 Å². The first-order chi connectivity index (χ1) is 16.7. The van der Waals surface area contributed by atoms with Crippen molar-refractivity contribution < 1.29 is 28.9 Å². The van der Waals surface area contributed by atoms with Gasteiger partial charge in [0.25, 0.3) is 5.91 Å². The lowest BCUT2D eigenvalue weighted by molar-refractivity contribution is -0.130. The highest BCUT2D eigenvalue weighted by molar-refractivity contribution is 7.14. The molecule has 0 saturated heterocycles. The molecule has 1 unspecified atom stereocenters. The predicted molar refractivity (Wildman–Crippen MR) is 134 cm³/mol. The summed E-state index contributed by atoms with van der Waals surface area (Å²) in [4.78, 5) is 32.9. The Balaban J connectivity index is 2.05. The topological polar surface area (TPSA) is 98.2 Å². The minimum atomic E-state index is -0.795. The normalized spacial score (nSPS) is 15.9. The van der Waals surface area contributed by atoms with Crippen LogP contribution in [0.5, 0.6) is 11.5 Å². The fourth-order valence-corrected chi connectivity index (χ4v) is 4.88. The molecule has 0 spiro atoms. The Labute approximate surface area is 210 Å². The van der Waals surface area contributed by atoms with Crippen LogP contribution in [0.2, 0.25) is 0 Å². The second-order valence-electron chi connectivity index (χ2n) is 8.80. The van der Waals surface area contributed by atoms with Gasteiger partial charge in [-0.2, -0.15) is 0 Å². The molecule has 1 aromatic carbocycles. The van der Waals surface area contributed by atoms with Crippen molar-refractivity contribution in [1.82, 2.24) is 9.88 Å². The summed E-state index contributed by atoms with van der Waals surface area (Å²) < 4.78 is 17.0. The van der Waals surface area contributed by atoms with Crippen LogP contribution in [-0.2, 0) is 9.53 Å². The quantitative estimate of drug-likeness (QED) is 0.416. The SMILES string of the molecule is CCOc1cc(C2C(C(=O)c3sc(C)nc3C)=C(O)C(=O)N2CCOC)ccc1OCCC(C)C. The number of aromatic nitrogens is 1. The average molecular weight is 503 g/mol. The van der Waals surface area contributed by atoms with E-state index in [2.05, 4.69) is 18.8 Å². The molecular formula is C26H34N2O6S. The maximum absolute atomic E-state index is 13.6. The van der Waals surface area contributed by atoms with E-state index in [-0.39, 0.29) is 18.7 Å². The van der Waals surface area contributed by atoms with Crippen molar-refractivity contribution in [3.8, 4) is 11.5 Å². The van der Waals surface area contributed by atoms with Crippen LogP contribution in [0.3, 0.4) is 0 Å². The summed E-state index contributed by atoms with van der Waals surface area (Å²) in [5.41, 5.74) is 1.25. The molecule has 3 rings (SSSR count). The van der Waals surface area contributed by atoms with Gasteiger partial charge in [-0.25, -0.2) is 4.98 Å². The number of aliphatic hydroxyl groups excluding tert-OH is 1. The number of carbonyl (C=O) groups is 2. The van der Waals surface area contributed by atoms with E-state index in [1.807, 2.05) is 19.9 Å². The fraction of sp³-hybridized carbons (Fsp3) is 0.500. The second-order valence-corrected chi connectivity index (χ2v) is 10.0. The first-order valence-electron chi connectivity index (χ1n) is 11.8. The highest BCUT2D eigenvalue weighted by Crippen LogP contribution is 2.42. The molecule has 35 heavy (non-hydrogen) atoms. The summed E-state index contributed by atoms with van der Waals surface area (Å²) in [5, 5.41) is 11.6. The minimum absolute atomic E-state index is 0.0359. The molecule has 0 fully saturated rings. The monoisotopic (exact) mass is 502 g/mol. The number of hydrogen-bond acceptors (Lipinski definition) is 8. The lowest BCUT2D eigenvalue weighted by Gasteiger charge is -2.27. The number of amides is 1. The van der Waals surface area contributed by atoms with Crippen molar-refractivity contribution in [1.29, 1.82) is 0 Å². The van der Waals surface area contributed by atoms with Gasteiger partial charge in [-0.1, -0.05) is 19.9 Å². The lowest BCUT2D eigenvalue weighted by atomic mass is 9.94. The Morgan fingerprint density at radius 2 is 1.94 bits per heavy atom. The maximum Gasteiger partial charge on any atom is 0.290 e. The molecule has 0 bridgehead atoms. The van der Waals surface area contributed by atoms with Crippen molar-refractivity contribution >= 4 is 23.0 Å². The van der Waals surface area contributed by atoms with Gasteiger partial charge in [0, 0.05) is 13.7 Å². The third-order valence-electron chi connectivity index (χ3n) is 5.73. The van der Waals surface area contributed by atoms with Crippen molar-refractivity contribution in [3.05, 3.63) is 50.7 Å². The number of aryl methyl sites for hydroxylation is 2. The molecular weight excluding hydrogens is 468 g/mol. The third kappa shape index (κ3) is 5.85. The van der Waals surface area contributed by atoms with Gasteiger partial charge >= 0.3 is 0 Å². The smallest absolute Gasteiger partial charge is 0.290 e. The van der Waals surface area contributed by atoms with E-state index in [0.717, 1.165) is 11.4 Å². The van der Waals surface area contributed by atoms with Crippen molar-refractivity contribution in [2.24, 2.45) is 5.92 Å². The molecule has 0 aliphatic carbocycles. The van der Waals surface area contributed by atoms with Gasteiger partial charge < -0.3 is 24.2 Å². The van der Waals surface area contributed by atoms with Gasteiger partial charge in [0.15, 0.2) is 17.3 Å². The van der Waals surface area contributed by atoms with E-state index in [1.165, 1.54) is 23.3 Å². The molecule has 1 aromatic heterocycles. The van der Waals surface area contributed by atoms with Crippen molar-refractivity contribution in [3.63, 3.8) is 0 Å². The lowest BCUT2D eigenvalue weighted by Crippen LogP contribution is -2.34. The van der Waals surface area contributed by atoms with Gasteiger partial charge in [0.2, 0.25) is 5.78 Å². The Morgan fingerprint density at radius 1 is 1.20 bits per heavy atom. The number of thiazole rings is 1. The molecule has 1 aliphatic rings. The number of ketones is 1. The molecule has 1 amide bonds. The van der Waals surface area contributed by atoms with Crippen LogP contribution in [0.25, 0.3) is 0 Å². The van der Waals surface area contributed by atoms with Gasteiger partial charge in [-0.3, -0.25) is 9.59 Å². The average Bonchev–Trinajstić information content (AvgIpc) is 3.28. The number of ether oxygens (including phenoxy) is 3. The number of nitrogens with zero attached hydrogens (tertiary/aromatic N) is 2. The zero-order valence-electron chi connectivity index (χ0n) is 21.2. The van der Waals surface area contributed by atoms with Crippen LogP contribution in [-0.4, -0.2) is 60.2 Å². The molecule has 8 nitrogen and oxygen atoms in total. The molecule has 2 heterocycles. The van der Waals surface area contributed by atoms with Crippen LogP contribution >= 0.6 is 11.3 Å². The summed E-state index contributed by atoms with van der Waals surface area (Å²) in [6.07, 6.45) is 0.901. The fourth-order valence-electron chi connectivity index (χ4n) is 4.00. The highest BCUT2D eigenvalue weighted by atomic mass is 32.1. The Hall–Kier alpha value is -2.91. The molecule has 1 aliphatic heterocycles. The van der Waals surface area contributed by atoms with Crippen molar-refractivity contribution in [2.75, 3.05) is 33.5 Å². The summed E-state index contributed by atoms with van der Waals surface area (Å²) in [5.74, 6) is 0.0690. The Bertz CT molecular complexity index is 1110. The van der Waals surface area contributed by atoms with E-state index in [1.54, 1.807) is 19.1 Å². The van der Waals surface area contributed by atoms with Crippen LogP contribution in [0, 0.1) is 19.8 Å². The largest absolute Gasteiger partial charge is 0.503 e. The third-order valence-corrected chi connectivity index (χ3v) is 6.80. The molecule has 1 atom stereocenters. The van der Waals surface area contributed by atoms with E-state index >= 15 is 0 Å². The van der Waals surface area contributed by atoms with E-state index < -0.39 is 23.5 Å². The highest BCUT2D eigenvalue weighted by Gasteiger charge is 2.44. The van der Waals surface area contributed by atoms with Gasteiger partial charge in [-0.15, -0.1) is 11.3 Å². The first-order valence-corrected chi connectivity index (χ1v) is 12.6. The number of hydrogen-bond donors (Lipinski definition) is 1. The van der Waals surface area contributed by atoms with E-state index in [4.69, 9.17) is 14.2 Å². The molecule has 2 aromatic rings. The van der Waals surface area contributed by atoms with Crippen LogP contribution in [0.15, 0.2) is 29.5 Å². The van der Waals surface area contributed by atoms with E-state index in [0.29, 0.717) is 46.8 Å². The number of methoxy groups -OCH3 is 1. The number of benzene rings is 1. The maximum atomic E-state index is 13.6. The first kappa shape index (κ1) is 26.7. The van der Waals surface area contributed by atoms with Gasteiger partial charge in [0.1, 0.15) is 0 Å². The molecule has 0 radical (unpaired) electrons. The minimum Gasteiger partial charge on any atom is -0.503 e. The summed E-state index contributed by atoms with van der Waals surface area (Å²) >= 11 is 1.25. The molecule has 9 heteroatoms. The van der Waals surface area contributed by atoms with Crippen molar-refractivity contribution in [2.45, 2.75) is 47.1 Å². The predicted octanol–water partition coefficient (Wildman–Crippen LogP) is 4.81. The summed E-state index contributed by atoms with van der Waals surface area (Å²) in [7, 11) is 1.54. The Kier molecular flexibility index (Phi) is 8.91. The zero-order chi connectivity index (χ0) is 25.7. The molecule has 190 valence electrons. The summed E-state index contributed by atoms with van der Waals surface area (Å²) in [6.45, 7) is 11.1. The van der Waals surface area contributed by atoms with Gasteiger partial charge in [0.05, 0.1) is 47.0 Å². The number of rotatable bonds is 12. The zero-order valence-corrected chi connectivity index (χ0v) is 22.0. The molecule has 0 saturated carbocycles. The Morgan fingerprint density at radius 3 is 2.54 bits per heavy atom. The van der Waals surface area contributed by atoms with Crippen LogP contribution < -0.4 is 9.47 Å². The van der Waals surface area contributed by atoms with Crippen LogP contribution in [0.4, 0.5) is 0 Å².